The maximum Gasteiger partial charge on any atom is 0.261 e. The van der Waals surface area contributed by atoms with E-state index in [1.807, 2.05) is 25.1 Å². The first kappa shape index (κ1) is 12.2. The molecule has 1 aliphatic carbocycles. The lowest BCUT2D eigenvalue weighted by Gasteiger charge is -2.05. The van der Waals surface area contributed by atoms with Crippen molar-refractivity contribution >= 4 is 0 Å². The van der Waals surface area contributed by atoms with Crippen LogP contribution >= 0.6 is 0 Å². The maximum absolute atomic E-state index is 6.08. The maximum atomic E-state index is 6.08. The molecule has 0 radical (unpaired) electrons. The Morgan fingerprint density at radius 1 is 1.42 bits per heavy atom. The Balaban J connectivity index is 1.95. The highest BCUT2D eigenvalue weighted by Crippen LogP contribution is 2.39. The Morgan fingerprint density at radius 3 is 2.89 bits per heavy atom. The Hall–Kier alpha value is -1.88. The van der Waals surface area contributed by atoms with Gasteiger partial charge < -0.3 is 15.0 Å². The van der Waals surface area contributed by atoms with Crippen molar-refractivity contribution in [3.8, 4) is 17.2 Å². The average molecular weight is 259 g/mol. The molecule has 0 bridgehead atoms. The van der Waals surface area contributed by atoms with Crippen molar-refractivity contribution < 1.29 is 9.26 Å². The molecular formula is C14H17N3O2. The van der Waals surface area contributed by atoms with Gasteiger partial charge in [0.05, 0.1) is 18.7 Å². The van der Waals surface area contributed by atoms with Crippen molar-refractivity contribution in [3.63, 3.8) is 0 Å². The third-order valence-electron chi connectivity index (χ3n) is 3.46. The lowest BCUT2D eigenvalue weighted by atomic mass is 10.1. The van der Waals surface area contributed by atoms with Crippen molar-refractivity contribution in [2.45, 2.75) is 25.8 Å². The van der Waals surface area contributed by atoms with Gasteiger partial charge in [-0.1, -0.05) is 16.8 Å². The number of ether oxygens (including phenoxy) is 1. The van der Waals surface area contributed by atoms with Crippen LogP contribution in [-0.4, -0.2) is 17.3 Å². The van der Waals surface area contributed by atoms with E-state index in [-0.39, 0.29) is 6.04 Å². The standard InChI is InChI=1S/C14H17N3O2/c1-8-3-6-11(18-2)10(7-8)14-16-13(17-19-14)12(15)9-4-5-9/h3,6-7,9,12H,4-5,15H2,1-2H3. The summed E-state index contributed by atoms with van der Waals surface area (Å²) in [6.07, 6.45) is 2.30. The second-order valence-corrected chi connectivity index (χ2v) is 5.02. The minimum absolute atomic E-state index is 0.117. The molecule has 1 aliphatic rings. The van der Waals surface area contributed by atoms with Crippen LogP contribution in [0.4, 0.5) is 0 Å². The number of methoxy groups -OCH3 is 1. The van der Waals surface area contributed by atoms with Crippen LogP contribution in [0, 0.1) is 12.8 Å². The molecule has 2 aromatic rings. The van der Waals surface area contributed by atoms with Gasteiger partial charge in [-0.05, 0) is 37.8 Å². The van der Waals surface area contributed by atoms with E-state index >= 15 is 0 Å². The van der Waals surface area contributed by atoms with Crippen LogP contribution in [0.15, 0.2) is 22.7 Å². The molecule has 0 amide bonds. The van der Waals surface area contributed by atoms with Gasteiger partial charge in [-0.25, -0.2) is 0 Å². The second-order valence-electron chi connectivity index (χ2n) is 5.02. The van der Waals surface area contributed by atoms with E-state index in [1.54, 1.807) is 7.11 Å². The van der Waals surface area contributed by atoms with Gasteiger partial charge in [-0.3, -0.25) is 0 Å². The third kappa shape index (κ3) is 2.33. The van der Waals surface area contributed by atoms with Crippen molar-refractivity contribution in [1.29, 1.82) is 0 Å². The first-order chi connectivity index (χ1) is 9.19. The van der Waals surface area contributed by atoms with Crippen molar-refractivity contribution in [1.82, 2.24) is 10.1 Å². The summed E-state index contributed by atoms with van der Waals surface area (Å²) in [5.74, 6) is 2.28. The van der Waals surface area contributed by atoms with E-state index in [0.717, 1.165) is 29.7 Å². The first-order valence-electron chi connectivity index (χ1n) is 6.43. The zero-order chi connectivity index (χ0) is 13.4. The van der Waals surface area contributed by atoms with Gasteiger partial charge in [-0.15, -0.1) is 0 Å². The van der Waals surface area contributed by atoms with Gasteiger partial charge in [0.15, 0.2) is 5.82 Å². The number of nitrogens with two attached hydrogens (primary N) is 1. The summed E-state index contributed by atoms with van der Waals surface area (Å²) in [5, 5.41) is 3.99. The van der Waals surface area contributed by atoms with E-state index in [1.165, 1.54) is 0 Å². The number of hydrogen-bond acceptors (Lipinski definition) is 5. The van der Waals surface area contributed by atoms with Crippen LogP contribution in [0.3, 0.4) is 0 Å². The highest BCUT2D eigenvalue weighted by Gasteiger charge is 2.32. The van der Waals surface area contributed by atoms with Gasteiger partial charge in [0.25, 0.3) is 5.89 Å². The van der Waals surface area contributed by atoms with Crippen LogP contribution < -0.4 is 10.5 Å². The highest BCUT2D eigenvalue weighted by molar-refractivity contribution is 5.63. The molecule has 0 spiro atoms. The molecule has 1 aromatic heterocycles. The van der Waals surface area contributed by atoms with Crippen molar-refractivity contribution in [3.05, 3.63) is 29.6 Å². The van der Waals surface area contributed by atoms with Crippen LogP contribution in [0.25, 0.3) is 11.5 Å². The quantitative estimate of drug-likeness (QED) is 0.912. The molecule has 2 N–H and O–H groups in total. The Labute approximate surface area is 111 Å². The smallest absolute Gasteiger partial charge is 0.261 e. The van der Waals surface area contributed by atoms with Crippen LogP contribution in [0.2, 0.25) is 0 Å². The zero-order valence-electron chi connectivity index (χ0n) is 11.1. The number of rotatable bonds is 4. The fourth-order valence-corrected chi connectivity index (χ4v) is 2.13. The topological polar surface area (TPSA) is 74.2 Å². The largest absolute Gasteiger partial charge is 0.496 e. The van der Waals surface area contributed by atoms with E-state index in [2.05, 4.69) is 10.1 Å². The minimum Gasteiger partial charge on any atom is -0.496 e. The van der Waals surface area contributed by atoms with E-state index < -0.39 is 0 Å². The fraction of sp³-hybridized carbons (Fsp3) is 0.429. The molecule has 100 valence electrons. The van der Waals surface area contributed by atoms with Crippen LogP contribution in [0.5, 0.6) is 5.75 Å². The summed E-state index contributed by atoms with van der Waals surface area (Å²) in [4.78, 5) is 4.41. The Kier molecular flexibility index (Phi) is 2.98. The number of hydrogen-bond donors (Lipinski definition) is 1. The molecule has 3 rings (SSSR count). The Bertz CT molecular complexity index is 590. The van der Waals surface area contributed by atoms with Crippen molar-refractivity contribution in [2.75, 3.05) is 7.11 Å². The molecule has 1 aromatic carbocycles. The predicted octanol–water partition coefficient (Wildman–Crippen LogP) is 2.46. The monoisotopic (exact) mass is 259 g/mol. The summed E-state index contributed by atoms with van der Waals surface area (Å²) in [7, 11) is 1.63. The lowest BCUT2D eigenvalue weighted by Crippen LogP contribution is -2.13. The molecule has 19 heavy (non-hydrogen) atoms. The van der Waals surface area contributed by atoms with E-state index in [0.29, 0.717) is 17.6 Å². The average Bonchev–Trinajstić information content (AvgIpc) is 3.15. The molecule has 1 saturated carbocycles. The zero-order valence-corrected chi connectivity index (χ0v) is 11.1. The number of nitrogens with zero attached hydrogens (tertiary/aromatic N) is 2. The lowest BCUT2D eigenvalue weighted by molar-refractivity contribution is 0.398. The molecule has 0 aliphatic heterocycles. The Morgan fingerprint density at radius 2 is 2.21 bits per heavy atom. The van der Waals surface area contributed by atoms with Gasteiger partial charge in [0.1, 0.15) is 5.75 Å². The predicted molar refractivity (Wildman–Crippen MR) is 70.7 cm³/mol. The summed E-state index contributed by atoms with van der Waals surface area (Å²) in [6, 6.07) is 5.73. The molecule has 1 fully saturated rings. The van der Waals surface area contributed by atoms with E-state index in [9.17, 15) is 0 Å². The normalized spacial score (nSPS) is 16.4. The first-order valence-corrected chi connectivity index (χ1v) is 6.43. The number of aromatic nitrogens is 2. The molecule has 1 atom stereocenters. The molecule has 1 heterocycles. The minimum atomic E-state index is -0.117. The second kappa shape index (κ2) is 4.66. The van der Waals surface area contributed by atoms with Crippen LogP contribution in [-0.2, 0) is 0 Å². The number of aryl methyl sites for hydroxylation is 1. The summed E-state index contributed by atoms with van der Waals surface area (Å²) < 4.78 is 10.7. The van der Waals surface area contributed by atoms with Gasteiger partial charge in [-0.2, -0.15) is 4.98 Å². The molecule has 5 heteroatoms. The van der Waals surface area contributed by atoms with Gasteiger partial charge >= 0.3 is 0 Å². The molecular weight excluding hydrogens is 242 g/mol. The molecule has 0 saturated heterocycles. The SMILES string of the molecule is COc1ccc(C)cc1-c1nc(C(N)C2CC2)no1. The van der Waals surface area contributed by atoms with Crippen LogP contribution in [0.1, 0.15) is 30.3 Å². The fourth-order valence-electron chi connectivity index (χ4n) is 2.13. The summed E-state index contributed by atoms with van der Waals surface area (Å²) in [5.41, 5.74) is 8.00. The number of benzene rings is 1. The highest BCUT2D eigenvalue weighted by atomic mass is 16.5. The summed E-state index contributed by atoms with van der Waals surface area (Å²) >= 11 is 0. The molecule has 1 unspecified atom stereocenters. The van der Waals surface area contributed by atoms with Gasteiger partial charge in [0.2, 0.25) is 0 Å². The molecule has 5 nitrogen and oxygen atoms in total. The van der Waals surface area contributed by atoms with Gasteiger partial charge in [0, 0.05) is 0 Å². The van der Waals surface area contributed by atoms with E-state index in [4.69, 9.17) is 15.0 Å². The summed E-state index contributed by atoms with van der Waals surface area (Å²) in [6.45, 7) is 2.01. The third-order valence-corrected chi connectivity index (χ3v) is 3.46. The van der Waals surface area contributed by atoms with Crippen molar-refractivity contribution in [2.24, 2.45) is 11.7 Å².